The predicted molar refractivity (Wildman–Crippen MR) is 88.4 cm³/mol. The molecule has 7 heteroatoms. The van der Waals surface area contributed by atoms with Gasteiger partial charge in [0.15, 0.2) is 5.69 Å². The molecule has 1 amide bonds. The Bertz CT molecular complexity index is 681. The molecule has 1 saturated heterocycles. The number of hydrogen-bond acceptors (Lipinski definition) is 6. The van der Waals surface area contributed by atoms with Crippen LogP contribution in [0.3, 0.4) is 0 Å². The number of thiazole rings is 1. The summed E-state index contributed by atoms with van der Waals surface area (Å²) in [5, 5.41) is 3.82. The van der Waals surface area contributed by atoms with Gasteiger partial charge in [-0.1, -0.05) is 5.16 Å². The minimum atomic E-state index is -0.0229. The van der Waals surface area contributed by atoms with Crippen LogP contribution in [0.5, 0.6) is 0 Å². The zero-order valence-electron chi connectivity index (χ0n) is 13.8. The zero-order chi connectivity index (χ0) is 16.4. The van der Waals surface area contributed by atoms with Gasteiger partial charge in [-0.05, 0) is 33.2 Å². The van der Waals surface area contributed by atoms with Crippen molar-refractivity contribution in [2.75, 3.05) is 26.7 Å². The largest absolute Gasteiger partial charge is 0.361 e. The first-order chi connectivity index (χ1) is 11.0. The molecule has 1 aliphatic rings. The highest BCUT2D eigenvalue weighted by Gasteiger charge is 2.29. The van der Waals surface area contributed by atoms with E-state index in [9.17, 15) is 4.79 Å². The van der Waals surface area contributed by atoms with Gasteiger partial charge in [0.05, 0.1) is 11.2 Å². The number of nitrogens with zero attached hydrogens (tertiary/aromatic N) is 4. The average Bonchev–Trinajstić information content (AvgIpc) is 3.22. The van der Waals surface area contributed by atoms with Crippen LogP contribution in [0.4, 0.5) is 0 Å². The highest BCUT2D eigenvalue weighted by Crippen LogP contribution is 2.21. The molecule has 0 aromatic carbocycles. The first-order valence-corrected chi connectivity index (χ1v) is 8.71. The molecule has 2 aromatic heterocycles. The van der Waals surface area contributed by atoms with Crippen molar-refractivity contribution in [1.29, 1.82) is 0 Å². The molecule has 3 rings (SSSR count). The number of rotatable bonds is 5. The number of carbonyl (C=O) groups excluding carboxylic acids is 1. The highest BCUT2D eigenvalue weighted by molar-refractivity contribution is 7.09. The van der Waals surface area contributed by atoms with Crippen LogP contribution in [0.15, 0.2) is 16.1 Å². The maximum Gasteiger partial charge on any atom is 0.276 e. The summed E-state index contributed by atoms with van der Waals surface area (Å²) in [7, 11) is 2.13. The van der Waals surface area contributed by atoms with E-state index >= 15 is 0 Å². The average molecular weight is 334 g/mol. The van der Waals surface area contributed by atoms with Crippen molar-refractivity contribution >= 4 is 17.2 Å². The van der Waals surface area contributed by atoms with Crippen LogP contribution in [-0.4, -0.2) is 52.5 Å². The van der Waals surface area contributed by atoms with E-state index in [4.69, 9.17) is 4.52 Å². The van der Waals surface area contributed by atoms with Gasteiger partial charge >= 0.3 is 0 Å². The maximum atomic E-state index is 12.4. The number of amides is 1. The number of aryl methyl sites for hydroxylation is 2. The second-order valence-corrected chi connectivity index (χ2v) is 7.23. The Hall–Kier alpha value is -1.73. The summed E-state index contributed by atoms with van der Waals surface area (Å²) in [5.41, 5.74) is 3.43. The van der Waals surface area contributed by atoms with Gasteiger partial charge in [-0.2, -0.15) is 0 Å². The fraction of sp³-hybridized carbons (Fsp3) is 0.562. The molecule has 1 unspecified atom stereocenters. The number of aromatic nitrogens is 2. The summed E-state index contributed by atoms with van der Waals surface area (Å²) < 4.78 is 5.00. The maximum absolute atomic E-state index is 12.4. The van der Waals surface area contributed by atoms with E-state index in [0.29, 0.717) is 17.4 Å². The van der Waals surface area contributed by atoms with E-state index < -0.39 is 0 Å². The van der Waals surface area contributed by atoms with Gasteiger partial charge in [0.2, 0.25) is 0 Å². The zero-order valence-corrected chi connectivity index (χ0v) is 14.6. The van der Waals surface area contributed by atoms with E-state index in [1.165, 1.54) is 4.88 Å². The predicted octanol–water partition coefficient (Wildman–Crippen LogP) is 2.34. The molecule has 1 atom stereocenters. The standard InChI is InChI=1S/C16H22N4O2S/c1-11-6-14(18-22-11)16(21)20-5-4-13(8-20)7-19(3)9-15-12(2)17-10-23-15/h6,10,13H,4-5,7-9H2,1-3H3. The van der Waals surface area contributed by atoms with Gasteiger partial charge in [0.25, 0.3) is 5.91 Å². The van der Waals surface area contributed by atoms with Gasteiger partial charge < -0.3 is 14.3 Å². The van der Waals surface area contributed by atoms with Crippen molar-refractivity contribution in [3.05, 3.63) is 33.6 Å². The Morgan fingerprint density at radius 2 is 2.35 bits per heavy atom. The Labute approximate surface area is 140 Å². The molecule has 6 nitrogen and oxygen atoms in total. The second-order valence-electron chi connectivity index (χ2n) is 6.29. The molecular weight excluding hydrogens is 312 g/mol. The normalized spacial score (nSPS) is 18.1. The Balaban J connectivity index is 1.51. The molecule has 1 aliphatic heterocycles. The van der Waals surface area contributed by atoms with Crippen molar-refractivity contribution in [3.8, 4) is 0 Å². The summed E-state index contributed by atoms with van der Waals surface area (Å²) in [6, 6.07) is 1.70. The molecule has 23 heavy (non-hydrogen) atoms. The topological polar surface area (TPSA) is 62.5 Å². The third-order valence-electron chi connectivity index (χ3n) is 4.25. The Morgan fingerprint density at radius 1 is 1.52 bits per heavy atom. The minimum absolute atomic E-state index is 0.0229. The number of carbonyl (C=O) groups is 1. The highest BCUT2D eigenvalue weighted by atomic mass is 32.1. The SMILES string of the molecule is Cc1cc(C(=O)N2CCC(CN(C)Cc3scnc3C)C2)no1. The summed E-state index contributed by atoms with van der Waals surface area (Å²) in [6.07, 6.45) is 1.04. The van der Waals surface area contributed by atoms with Crippen molar-refractivity contribution in [1.82, 2.24) is 19.9 Å². The van der Waals surface area contributed by atoms with Crippen LogP contribution in [-0.2, 0) is 6.54 Å². The lowest BCUT2D eigenvalue weighted by Crippen LogP contribution is -2.31. The van der Waals surface area contributed by atoms with E-state index in [-0.39, 0.29) is 5.91 Å². The summed E-state index contributed by atoms with van der Waals surface area (Å²) in [6.45, 7) is 7.34. The molecule has 1 fully saturated rings. The van der Waals surface area contributed by atoms with Crippen LogP contribution in [0.25, 0.3) is 0 Å². The Morgan fingerprint density at radius 3 is 3.00 bits per heavy atom. The van der Waals surface area contributed by atoms with Crippen LogP contribution in [0.2, 0.25) is 0 Å². The lowest BCUT2D eigenvalue weighted by molar-refractivity contribution is 0.0774. The fourth-order valence-electron chi connectivity index (χ4n) is 3.02. The molecule has 2 aromatic rings. The third kappa shape index (κ3) is 3.79. The molecule has 0 aliphatic carbocycles. The lowest BCUT2D eigenvalue weighted by Gasteiger charge is -2.21. The van der Waals surface area contributed by atoms with E-state index in [1.54, 1.807) is 24.3 Å². The smallest absolute Gasteiger partial charge is 0.276 e. The van der Waals surface area contributed by atoms with Crippen molar-refractivity contribution < 1.29 is 9.32 Å². The van der Waals surface area contributed by atoms with Crippen LogP contribution in [0, 0.1) is 19.8 Å². The van der Waals surface area contributed by atoms with Crippen molar-refractivity contribution in [2.24, 2.45) is 5.92 Å². The van der Waals surface area contributed by atoms with E-state index in [2.05, 4.69) is 29.0 Å². The third-order valence-corrected chi connectivity index (χ3v) is 5.17. The quantitative estimate of drug-likeness (QED) is 0.840. The molecular formula is C16H22N4O2S. The van der Waals surface area contributed by atoms with Gasteiger partial charge in [-0.15, -0.1) is 11.3 Å². The number of hydrogen-bond donors (Lipinski definition) is 0. The van der Waals surface area contributed by atoms with Crippen LogP contribution in [0.1, 0.15) is 33.2 Å². The van der Waals surface area contributed by atoms with E-state index in [1.807, 2.05) is 10.4 Å². The van der Waals surface area contributed by atoms with E-state index in [0.717, 1.165) is 38.3 Å². The van der Waals surface area contributed by atoms with Crippen molar-refractivity contribution in [2.45, 2.75) is 26.8 Å². The molecule has 3 heterocycles. The summed E-state index contributed by atoms with van der Waals surface area (Å²) in [5.74, 6) is 1.15. The molecule has 0 radical (unpaired) electrons. The van der Waals surface area contributed by atoms with Gasteiger partial charge in [-0.3, -0.25) is 4.79 Å². The first-order valence-electron chi connectivity index (χ1n) is 7.83. The first kappa shape index (κ1) is 16.1. The van der Waals surface area contributed by atoms with Crippen LogP contribution < -0.4 is 0 Å². The fourth-order valence-corrected chi connectivity index (χ4v) is 3.88. The molecule has 0 bridgehead atoms. The molecule has 0 N–H and O–H groups in total. The minimum Gasteiger partial charge on any atom is -0.361 e. The number of likely N-dealkylation sites (tertiary alicyclic amines) is 1. The summed E-state index contributed by atoms with van der Waals surface area (Å²) in [4.78, 5) is 22.2. The van der Waals surface area contributed by atoms with Crippen molar-refractivity contribution in [3.63, 3.8) is 0 Å². The lowest BCUT2D eigenvalue weighted by atomic mass is 10.1. The Kier molecular flexibility index (Phi) is 4.77. The molecule has 124 valence electrons. The summed E-state index contributed by atoms with van der Waals surface area (Å²) >= 11 is 1.70. The molecule has 0 saturated carbocycles. The van der Waals surface area contributed by atoms with Gasteiger partial charge in [0.1, 0.15) is 5.76 Å². The second kappa shape index (κ2) is 6.80. The van der Waals surface area contributed by atoms with Gasteiger partial charge in [0, 0.05) is 37.1 Å². The van der Waals surface area contributed by atoms with Gasteiger partial charge in [-0.25, -0.2) is 4.98 Å². The molecule has 0 spiro atoms. The van der Waals surface area contributed by atoms with Crippen LogP contribution >= 0.6 is 11.3 Å². The monoisotopic (exact) mass is 334 g/mol.